The van der Waals surface area contributed by atoms with Crippen LogP contribution in [0, 0.1) is 0 Å². The third kappa shape index (κ3) is 2.33. The molecule has 0 fully saturated rings. The van der Waals surface area contributed by atoms with Gasteiger partial charge in [-0.25, -0.2) is 9.67 Å². The number of rotatable bonds is 4. The number of aliphatic hydroxyl groups excluding tert-OH is 1. The fourth-order valence-corrected chi connectivity index (χ4v) is 2.47. The molecule has 1 atom stereocenters. The first-order valence-electron chi connectivity index (χ1n) is 6.58. The Hall–Kier alpha value is -1.88. The van der Waals surface area contributed by atoms with Crippen molar-refractivity contribution in [3.05, 3.63) is 41.5 Å². The number of benzene rings is 1. The van der Waals surface area contributed by atoms with Crippen LogP contribution < -0.4 is 4.74 Å². The summed E-state index contributed by atoms with van der Waals surface area (Å²) in [7, 11) is 0. The Kier molecular flexibility index (Phi) is 3.21. The zero-order valence-corrected chi connectivity index (χ0v) is 10.9. The van der Waals surface area contributed by atoms with E-state index in [9.17, 15) is 5.11 Å². The van der Waals surface area contributed by atoms with Gasteiger partial charge in [0.2, 0.25) is 0 Å². The smallest absolute Gasteiger partial charge is 0.164 e. The van der Waals surface area contributed by atoms with E-state index in [4.69, 9.17) is 4.74 Å². The molecule has 1 N–H and O–H groups in total. The van der Waals surface area contributed by atoms with Crippen LogP contribution in [0.2, 0.25) is 0 Å². The van der Waals surface area contributed by atoms with Crippen molar-refractivity contribution in [3.8, 4) is 5.75 Å². The van der Waals surface area contributed by atoms with Crippen molar-refractivity contribution in [1.29, 1.82) is 0 Å². The molecule has 5 heteroatoms. The number of ether oxygens (including phenoxy) is 1. The fourth-order valence-electron chi connectivity index (χ4n) is 2.47. The maximum Gasteiger partial charge on any atom is 0.164 e. The van der Waals surface area contributed by atoms with Crippen LogP contribution in [0.5, 0.6) is 5.75 Å². The minimum Gasteiger partial charge on any atom is -0.486 e. The summed E-state index contributed by atoms with van der Waals surface area (Å²) in [4.78, 5) is 4.17. The van der Waals surface area contributed by atoms with E-state index >= 15 is 0 Å². The second-order valence-electron chi connectivity index (χ2n) is 4.70. The topological polar surface area (TPSA) is 60.2 Å². The van der Waals surface area contributed by atoms with Gasteiger partial charge in [0.15, 0.2) is 5.82 Å². The number of aryl methyl sites for hydroxylation is 2. The van der Waals surface area contributed by atoms with Crippen LogP contribution >= 0.6 is 0 Å². The van der Waals surface area contributed by atoms with E-state index < -0.39 is 0 Å². The standard InChI is InChI=1S/C14H17N3O2/c1-2-17-14(15-9-16-17)8-19-11-4-5-12-10(7-11)3-6-13(12)18/h4-5,7,9,13,18H,2-3,6,8H2,1H3. The van der Waals surface area contributed by atoms with E-state index in [2.05, 4.69) is 10.1 Å². The van der Waals surface area contributed by atoms with Gasteiger partial charge in [-0.1, -0.05) is 6.07 Å². The van der Waals surface area contributed by atoms with Crippen molar-refractivity contribution < 1.29 is 9.84 Å². The molecular formula is C14H17N3O2. The number of aromatic nitrogens is 3. The van der Waals surface area contributed by atoms with Gasteiger partial charge in [0.25, 0.3) is 0 Å². The van der Waals surface area contributed by atoms with Crippen molar-refractivity contribution >= 4 is 0 Å². The van der Waals surface area contributed by atoms with Crippen LogP contribution in [0.15, 0.2) is 24.5 Å². The highest BCUT2D eigenvalue weighted by molar-refractivity contribution is 5.39. The van der Waals surface area contributed by atoms with E-state index in [1.54, 1.807) is 6.33 Å². The number of hydrogen-bond acceptors (Lipinski definition) is 4. The fraction of sp³-hybridized carbons (Fsp3) is 0.429. The van der Waals surface area contributed by atoms with E-state index in [0.29, 0.717) is 6.61 Å². The molecular weight excluding hydrogens is 242 g/mol. The summed E-state index contributed by atoms with van der Waals surface area (Å²) in [6, 6.07) is 5.87. The van der Waals surface area contributed by atoms with Crippen molar-refractivity contribution in [3.63, 3.8) is 0 Å². The van der Waals surface area contributed by atoms with Crippen molar-refractivity contribution in [2.24, 2.45) is 0 Å². The Morgan fingerprint density at radius 3 is 3.21 bits per heavy atom. The minimum absolute atomic E-state index is 0.313. The number of fused-ring (bicyclic) bond motifs is 1. The number of aliphatic hydroxyl groups is 1. The van der Waals surface area contributed by atoms with Gasteiger partial charge >= 0.3 is 0 Å². The second kappa shape index (κ2) is 5.01. The first-order chi connectivity index (χ1) is 9.28. The highest BCUT2D eigenvalue weighted by atomic mass is 16.5. The second-order valence-corrected chi connectivity index (χ2v) is 4.70. The molecule has 0 spiro atoms. The van der Waals surface area contributed by atoms with Gasteiger partial charge in [-0.05, 0) is 43.0 Å². The highest BCUT2D eigenvalue weighted by Crippen LogP contribution is 2.33. The number of nitrogens with zero attached hydrogens (tertiary/aromatic N) is 3. The lowest BCUT2D eigenvalue weighted by atomic mass is 10.1. The zero-order valence-electron chi connectivity index (χ0n) is 10.9. The van der Waals surface area contributed by atoms with Crippen LogP contribution in [0.3, 0.4) is 0 Å². The first kappa shape index (κ1) is 12.2. The normalized spacial score (nSPS) is 17.5. The predicted molar refractivity (Wildman–Crippen MR) is 69.8 cm³/mol. The molecule has 19 heavy (non-hydrogen) atoms. The van der Waals surface area contributed by atoms with E-state index in [1.165, 1.54) is 5.56 Å². The maximum absolute atomic E-state index is 9.76. The Bertz CT molecular complexity index is 580. The largest absolute Gasteiger partial charge is 0.486 e. The SMILES string of the molecule is CCn1ncnc1COc1ccc2c(c1)CCC2O. The number of hydrogen-bond donors (Lipinski definition) is 1. The first-order valence-corrected chi connectivity index (χ1v) is 6.58. The van der Waals surface area contributed by atoms with Gasteiger partial charge in [0.05, 0.1) is 6.10 Å². The molecule has 100 valence electrons. The molecule has 0 saturated heterocycles. The van der Waals surface area contributed by atoms with Crippen LogP contribution in [-0.2, 0) is 19.6 Å². The summed E-state index contributed by atoms with van der Waals surface area (Å²) in [5.41, 5.74) is 2.21. The molecule has 3 rings (SSSR count). The van der Waals surface area contributed by atoms with Crippen LogP contribution in [0.4, 0.5) is 0 Å². The summed E-state index contributed by atoms with van der Waals surface area (Å²) in [6.45, 7) is 3.22. The molecule has 0 aliphatic heterocycles. The lowest BCUT2D eigenvalue weighted by Gasteiger charge is -2.09. The molecule has 1 aliphatic carbocycles. The molecule has 1 aromatic heterocycles. The molecule has 5 nitrogen and oxygen atoms in total. The molecule has 0 bridgehead atoms. The average Bonchev–Trinajstić information content (AvgIpc) is 3.03. The van der Waals surface area contributed by atoms with E-state index in [1.807, 2.05) is 29.8 Å². The van der Waals surface area contributed by atoms with Crippen LogP contribution in [0.1, 0.15) is 36.4 Å². The highest BCUT2D eigenvalue weighted by Gasteiger charge is 2.20. The molecule has 0 saturated carbocycles. The van der Waals surface area contributed by atoms with Crippen molar-refractivity contribution in [2.45, 2.75) is 39.0 Å². The minimum atomic E-state index is -0.313. The van der Waals surface area contributed by atoms with Gasteiger partial charge in [0, 0.05) is 6.54 Å². The lowest BCUT2D eigenvalue weighted by Crippen LogP contribution is -2.07. The molecule has 2 aromatic rings. The quantitative estimate of drug-likeness (QED) is 0.910. The van der Waals surface area contributed by atoms with Crippen LogP contribution in [0.25, 0.3) is 0 Å². The van der Waals surface area contributed by atoms with Crippen molar-refractivity contribution in [1.82, 2.24) is 14.8 Å². The molecule has 1 unspecified atom stereocenters. The summed E-state index contributed by atoms with van der Waals surface area (Å²) in [6.07, 6.45) is 2.95. The third-order valence-electron chi connectivity index (χ3n) is 3.52. The summed E-state index contributed by atoms with van der Waals surface area (Å²) in [5, 5.41) is 13.9. The third-order valence-corrected chi connectivity index (χ3v) is 3.52. The van der Waals surface area contributed by atoms with Gasteiger partial charge in [-0.15, -0.1) is 0 Å². The Labute approximate surface area is 111 Å². The average molecular weight is 259 g/mol. The Morgan fingerprint density at radius 1 is 1.47 bits per heavy atom. The molecule has 1 aliphatic rings. The Morgan fingerprint density at radius 2 is 2.37 bits per heavy atom. The monoisotopic (exact) mass is 259 g/mol. The van der Waals surface area contributed by atoms with E-state index in [-0.39, 0.29) is 6.10 Å². The van der Waals surface area contributed by atoms with Gasteiger partial charge < -0.3 is 9.84 Å². The molecule has 1 heterocycles. The Balaban J connectivity index is 1.71. The predicted octanol–water partition coefficient (Wildman–Crippen LogP) is 1.86. The van der Waals surface area contributed by atoms with Gasteiger partial charge in [-0.2, -0.15) is 5.10 Å². The lowest BCUT2D eigenvalue weighted by molar-refractivity contribution is 0.180. The summed E-state index contributed by atoms with van der Waals surface area (Å²) in [5.74, 6) is 1.64. The van der Waals surface area contributed by atoms with Crippen LogP contribution in [-0.4, -0.2) is 19.9 Å². The molecule has 0 amide bonds. The van der Waals surface area contributed by atoms with E-state index in [0.717, 1.165) is 36.5 Å². The van der Waals surface area contributed by atoms with Gasteiger partial charge in [-0.3, -0.25) is 0 Å². The molecule has 0 radical (unpaired) electrons. The molecule has 1 aromatic carbocycles. The van der Waals surface area contributed by atoms with Gasteiger partial charge in [0.1, 0.15) is 18.7 Å². The maximum atomic E-state index is 9.76. The van der Waals surface area contributed by atoms with Crippen molar-refractivity contribution in [2.75, 3.05) is 0 Å². The summed E-state index contributed by atoms with van der Waals surface area (Å²) < 4.78 is 7.57. The summed E-state index contributed by atoms with van der Waals surface area (Å²) >= 11 is 0. The zero-order chi connectivity index (χ0) is 13.2.